The molecule has 0 aliphatic carbocycles. The third-order valence-electron chi connectivity index (χ3n) is 2.75. The minimum Gasteiger partial charge on any atom is -0.398 e. The van der Waals surface area contributed by atoms with Gasteiger partial charge in [0.25, 0.3) is 0 Å². The van der Waals surface area contributed by atoms with E-state index in [1.165, 1.54) is 11.8 Å². The van der Waals surface area contributed by atoms with E-state index in [1.807, 2.05) is 18.2 Å². The van der Waals surface area contributed by atoms with Crippen molar-refractivity contribution in [3.05, 3.63) is 51.4 Å². The van der Waals surface area contributed by atoms with Gasteiger partial charge in [0.1, 0.15) is 0 Å². The van der Waals surface area contributed by atoms with Crippen molar-refractivity contribution in [2.45, 2.75) is 9.79 Å². The zero-order valence-corrected chi connectivity index (χ0v) is 15.7. The number of sulfone groups is 1. The van der Waals surface area contributed by atoms with Crippen molar-refractivity contribution in [1.29, 1.82) is 0 Å². The molecule has 0 saturated heterocycles. The minimum absolute atomic E-state index is 0.0782. The summed E-state index contributed by atoms with van der Waals surface area (Å²) in [7, 11) is -3.26. The van der Waals surface area contributed by atoms with Gasteiger partial charge >= 0.3 is 0 Å². The zero-order valence-electron chi connectivity index (χ0n) is 10.9. The van der Waals surface area contributed by atoms with Gasteiger partial charge in [-0.1, -0.05) is 31.9 Å². The standard InChI is InChI=1S/C14H13Br2NO2S2/c15-10-1-4-12(5-2-10)21(18,19)8-7-20-14-6-3-11(16)9-13(14)17/h1-6,9H,7-8,17H2. The summed E-state index contributed by atoms with van der Waals surface area (Å²) in [6.45, 7) is 0. The molecular formula is C14H13Br2NO2S2. The number of rotatable bonds is 5. The van der Waals surface area contributed by atoms with Crippen LogP contribution in [0.25, 0.3) is 0 Å². The highest BCUT2D eigenvalue weighted by molar-refractivity contribution is 9.10. The van der Waals surface area contributed by atoms with Gasteiger partial charge in [-0.2, -0.15) is 0 Å². The summed E-state index contributed by atoms with van der Waals surface area (Å²) in [6, 6.07) is 12.3. The molecular weight excluding hydrogens is 438 g/mol. The van der Waals surface area contributed by atoms with E-state index in [1.54, 1.807) is 24.3 Å². The lowest BCUT2D eigenvalue weighted by Gasteiger charge is -2.07. The molecule has 7 heteroatoms. The Morgan fingerprint density at radius 2 is 1.62 bits per heavy atom. The maximum atomic E-state index is 12.2. The van der Waals surface area contributed by atoms with E-state index in [2.05, 4.69) is 31.9 Å². The summed E-state index contributed by atoms with van der Waals surface area (Å²) in [4.78, 5) is 1.24. The number of halogens is 2. The molecule has 2 aromatic carbocycles. The first-order valence-electron chi connectivity index (χ1n) is 6.04. The fourth-order valence-electron chi connectivity index (χ4n) is 1.67. The molecule has 0 unspecified atom stereocenters. The van der Waals surface area contributed by atoms with Crippen LogP contribution in [0.2, 0.25) is 0 Å². The maximum absolute atomic E-state index is 12.2. The van der Waals surface area contributed by atoms with Gasteiger partial charge in [0.2, 0.25) is 0 Å². The quantitative estimate of drug-likeness (QED) is 0.543. The van der Waals surface area contributed by atoms with Crippen LogP contribution in [-0.2, 0) is 9.84 Å². The first-order chi connectivity index (χ1) is 9.88. The first kappa shape index (κ1) is 16.9. The van der Waals surface area contributed by atoms with Crippen molar-refractivity contribution >= 4 is 59.1 Å². The summed E-state index contributed by atoms with van der Waals surface area (Å²) < 4.78 is 26.2. The van der Waals surface area contributed by atoms with Crippen molar-refractivity contribution in [2.24, 2.45) is 0 Å². The van der Waals surface area contributed by atoms with E-state index in [0.29, 0.717) is 16.3 Å². The molecule has 0 fully saturated rings. The van der Waals surface area contributed by atoms with Crippen LogP contribution in [0.1, 0.15) is 0 Å². The Hall–Kier alpha value is -0.500. The van der Waals surface area contributed by atoms with Gasteiger partial charge in [0.05, 0.1) is 10.6 Å². The Balaban J connectivity index is 2.00. The normalized spacial score (nSPS) is 11.5. The fourth-order valence-corrected chi connectivity index (χ4v) is 4.92. The SMILES string of the molecule is Nc1cc(Br)ccc1SCCS(=O)(=O)c1ccc(Br)cc1. The number of hydrogen-bond donors (Lipinski definition) is 1. The largest absolute Gasteiger partial charge is 0.398 e. The van der Waals surface area contributed by atoms with Gasteiger partial charge in [-0.25, -0.2) is 8.42 Å². The molecule has 0 bridgehead atoms. The highest BCUT2D eigenvalue weighted by Crippen LogP contribution is 2.28. The highest BCUT2D eigenvalue weighted by atomic mass is 79.9. The molecule has 2 N–H and O–H groups in total. The molecule has 3 nitrogen and oxygen atoms in total. The van der Waals surface area contributed by atoms with E-state index < -0.39 is 9.84 Å². The molecule has 21 heavy (non-hydrogen) atoms. The predicted molar refractivity (Wildman–Crippen MR) is 95.5 cm³/mol. The number of hydrogen-bond acceptors (Lipinski definition) is 4. The van der Waals surface area contributed by atoms with Crippen molar-refractivity contribution in [3.8, 4) is 0 Å². The Labute approximate surface area is 145 Å². The average molecular weight is 451 g/mol. The van der Waals surface area contributed by atoms with Crippen LogP contribution >= 0.6 is 43.6 Å². The molecule has 2 aromatic rings. The molecule has 112 valence electrons. The smallest absolute Gasteiger partial charge is 0.179 e. The maximum Gasteiger partial charge on any atom is 0.179 e. The second kappa shape index (κ2) is 7.17. The molecule has 0 saturated carbocycles. The van der Waals surface area contributed by atoms with Crippen LogP contribution in [0.15, 0.2) is 61.2 Å². The van der Waals surface area contributed by atoms with E-state index in [0.717, 1.165) is 13.8 Å². The summed E-state index contributed by atoms with van der Waals surface area (Å²) in [5, 5.41) is 0. The Morgan fingerprint density at radius 3 is 2.24 bits per heavy atom. The third kappa shape index (κ3) is 4.74. The summed E-state index contributed by atoms with van der Waals surface area (Å²) in [5.41, 5.74) is 6.54. The number of nitrogens with two attached hydrogens (primary N) is 1. The Bertz CT molecular complexity index is 731. The molecule has 0 aromatic heterocycles. The lowest BCUT2D eigenvalue weighted by molar-refractivity contribution is 0.597. The summed E-state index contributed by atoms with van der Waals surface area (Å²) in [6.07, 6.45) is 0. The van der Waals surface area contributed by atoms with E-state index in [-0.39, 0.29) is 5.75 Å². The third-order valence-corrected chi connectivity index (χ3v) is 6.86. The van der Waals surface area contributed by atoms with Crippen LogP contribution in [0, 0.1) is 0 Å². The van der Waals surface area contributed by atoms with Crippen molar-refractivity contribution in [3.63, 3.8) is 0 Å². The zero-order chi connectivity index (χ0) is 15.5. The fraction of sp³-hybridized carbons (Fsp3) is 0.143. The van der Waals surface area contributed by atoms with E-state index in [4.69, 9.17) is 5.73 Å². The van der Waals surface area contributed by atoms with Crippen molar-refractivity contribution in [2.75, 3.05) is 17.2 Å². The summed E-state index contributed by atoms with van der Waals surface area (Å²) >= 11 is 8.08. The molecule has 0 atom stereocenters. The Morgan fingerprint density at radius 1 is 1.00 bits per heavy atom. The monoisotopic (exact) mass is 449 g/mol. The predicted octanol–water partition coefficient (Wildman–Crippen LogP) is 4.36. The number of benzene rings is 2. The molecule has 0 spiro atoms. The summed E-state index contributed by atoms with van der Waals surface area (Å²) in [5.74, 6) is 0.541. The topological polar surface area (TPSA) is 60.2 Å². The molecule has 0 amide bonds. The van der Waals surface area contributed by atoms with Crippen LogP contribution in [0.5, 0.6) is 0 Å². The number of anilines is 1. The second-order valence-electron chi connectivity index (χ2n) is 4.30. The Kier molecular flexibility index (Phi) is 5.76. The van der Waals surface area contributed by atoms with Gasteiger partial charge in [-0.15, -0.1) is 11.8 Å². The highest BCUT2D eigenvalue weighted by Gasteiger charge is 2.14. The van der Waals surface area contributed by atoms with Crippen LogP contribution < -0.4 is 5.73 Å². The van der Waals surface area contributed by atoms with Gasteiger partial charge in [-0.05, 0) is 42.5 Å². The van der Waals surface area contributed by atoms with Crippen LogP contribution in [0.4, 0.5) is 5.69 Å². The molecule has 0 radical (unpaired) electrons. The van der Waals surface area contributed by atoms with Gasteiger partial charge in [0.15, 0.2) is 9.84 Å². The number of nitrogen functional groups attached to an aromatic ring is 1. The van der Waals surface area contributed by atoms with Crippen molar-refractivity contribution in [1.82, 2.24) is 0 Å². The lowest BCUT2D eigenvalue weighted by atomic mass is 10.3. The number of thioether (sulfide) groups is 1. The van der Waals surface area contributed by atoms with Gasteiger partial charge in [0, 0.05) is 25.3 Å². The van der Waals surface area contributed by atoms with E-state index >= 15 is 0 Å². The van der Waals surface area contributed by atoms with Gasteiger partial charge in [-0.3, -0.25) is 0 Å². The van der Waals surface area contributed by atoms with Crippen molar-refractivity contribution < 1.29 is 8.42 Å². The van der Waals surface area contributed by atoms with Crippen LogP contribution in [-0.4, -0.2) is 19.9 Å². The lowest BCUT2D eigenvalue weighted by Crippen LogP contribution is -2.08. The second-order valence-corrected chi connectivity index (χ2v) is 9.38. The van der Waals surface area contributed by atoms with Crippen LogP contribution in [0.3, 0.4) is 0 Å². The first-order valence-corrected chi connectivity index (χ1v) is 10.3. The molecule has 0 aliphatic rings. The molecule has 0 heterocycles. The average Bonchev–Trinajstić information content (AvgIpc) is 2.41. The molecule has 0 aliphatic heterocycles. The minimum atomic E-state index is -3.26. The molecule has 2 rings (SSSR count). The van der Waals surface area contributed by atoms with E-state index in [9.17, 15) is 8.42 Å². The van der Waals surface area contributed by atoms with Gasteiger partial charge < -0.3 is 5.73 Å².